The Bertz CT molecular complexity index is 634. The van der Waals surface area contributed by atoms with Gasteiger partial charge in [-0.1, -0.05) is 24.3 Å². The highest BCUT2D eigenvalue weighted by Crippen LogP contribution is 2.28. The molecule has 0 spiro atoms. The molecule has 2 N–H and O–H groups in total. The Labute approximate surface area is 128 Å². The number of hydrogen-bond donors (Lipinski definition) is 2. The summed E-state index contributed by atoms with van der Waals surface area (Å²) in [6.07, 6.45) is -1.01. The molecule has 0 heterocycles. The number of ether oxygens (including phenoxy) is 1. The number of aliphatic hydroxyl groups is 1. The number of benzene rings is 2. The molecular weight excluding hydrogens is 288 g/mol. The lowest BCUT2D eigenvalue weighted by Crippen LogP contribution is -2.26. The van der Waals surface area contributed by atoms with Crippen molar-refractivity contribution in [3.05, 3.63) is 65.2 Å². The second-order valence-electron chi connectivity index (χ2n) is 5.02. The molecule has 118 valence electrons. The molecule has 0 saturated heterocycles. The predicted molar refractivity (Wildman–Crippen MR) is 80.7 cm³/mol. The van der Waals surface area contributed by atoms with Gasteiger partial charge < -0.3 is 15.2 Å². The summed E-state index contributed by atoms with van der Waals surface area (Å²) in [5.74, 6) is -0.423. The van der Waals surface area contributed by atoms with Crippen LogP contribution in [0.15, 0.2) is 42.5 Å². The van der Waals surface area contributed by atoms with E-state index in [1.165, 1.54) is 25.3 Å². The molecule has 5 heteroatoms. The average molecular weight is 307 g/mol. The highest BCUT2D eigenvalue weighted by atomic mass is 19.1. The Balaban J connectivity index is 2.07. The van der Waals surface area contributed by atoms with Gasteiger partial charge in [0.25, 0.3) is 0 Å². The zero-order chi connectivity index (χ0) is 16.1. The van der Waals surface area contributed by atoms with Gasteiger partial charge in [0, 0.05) is 23.7 Å². The van der Waals surface area contributed by atoms with E-state index in [1.807, 2.05) is 0 Å². The molecule has 2 unspecified atom stereocenters. The maximum absolute atomic E-state index is 14.0. The molecule has 2 aromatic rings. The molecule has 0 amide bonds. The third-order valence-electron chi connectivity index (χ3n) is 3.55. The van der Waals surface area contributed by atoms with E-state index in [1.54, 1.807) is 31.2 Å². The van der Waals surface area contributed by atoms with Crippen LogP contribution in [-0.4, -0.2) is 18.8 Å². The molecule has 0 bridgehead atoms. The van der Waals surface area contributed by atoms with Crippen LogP contribution in [0.2, 0.25) is 0 Å². The summed E-state index contributed by atoms with van der Waals surface area (Å²) in [7, 11) is 1.47. The van der Waals surface area contributed by atoms with Gasteiger partial charge in [0.15, 0.2) is 0 Å². The van der Waals surface area contributed by atoms with Crippen LogP contribution in [0.25, 0.3) is 0 Å². The van der Waals surface area contributed by atoms with Gasteiger partial charge in [-0.3, -0.25) is 0 Å². The molecule has 22 heavy (non-hydrogen) atoms. The first-order valence-electron chi connectivity index (χ1n) is 7.03. The molecule has 0 aliphatic carbocycles. The molecule has 0 radical (unpaired) electrons. The fraction of sp³-hybridized carbons (Fsp3) is 0.294. The van der Waals surface area contributed by atoms with E-state index >= 15 is 0 Å². The van der Waals surface area contributed by atoms with Gasteiger partial charge in [0.1, 0.15) is 17.4 Å². The molecule has 0 aliphatic rings. The Hall–Kier alpha value is -1.98. The van der Waals surface area contributed by atoms with Crippen LogP contribution in [0.1, 0.15) is 30.2 Å². The van der Waals surface area contributed by atoms with E-state index in [4.69, 9.17) is 4.74 Å². The largest absolute Gasteiger partial charge is 0.496 e. The standard InChI is InChI=1S/C17H19F2NO2/c1-11(17-14(19)8-5-9-16(17)22-2)20-10-15(21)12-6-3-4-7-13(12)18/h3-9,11,15,20-21H,10H2,1-2H3. The zero-order valence-electron chi connectivity index (χ0n) is 12.5. The highest BCUT2D eigenvalue weighted by Gasteiger charge is 2.18. The fourth-order valence-electron chi connectivity index (χ4n) is 2.36. The van der Waals surface area contributed by atoms with E-state index in [2.05, 4.69) is 5.32 Å². The quantitative estimate of drug-likeness (QED) is 0.860. The van der Waals surface area contributed by atoms with Crippen molar-refractivity contribution < 1.29 is 18.6 Å². The molecular formula is C17H19F2NO2. The monoisotopic (exact) mass is 307 g/mol. The molecule has 0 saturated carbocycles. The van der Waals surface area contributed by atoms with Crippen LogP contribution in [-0.2, 0) is 0 Å². The highest BCUT2D eigenvalue weighted by molar-refractivity contribution is 5.37. The lowest BCUT2D eigenvalue weighted by Gasteiger charge is -2.20. The lowest BCUT2D eigenvalue weighted by atomic mass is 10.0. The number of halogens is 2. The summed E-state index contributed by atoms with van der Waals surface area (Å²) in [6.45, 7) is 1.86. The van der Waals surface area contributed by atoms with Crippen molar-refractivity contribution in [2.24, 2.45) is 0 Å². The number of methoxy groups -OCH3 is 1. The van der Waals surface area contributed by atoms with E-state index < -0.39 is 18.0 Å². The second kappa shape index (κ2) is 7.33. The van der Waals surface area contributed by atoms with Gasteiger partial charge in [0.05, 0.1) is 13.2 Å². The number of aliphatic hydroxyl groups excluding tert-OH is 1. The van der Waals surface area contributed by atoms with Crippen LogP contribution in [0.5, 0.6) is 5.75 Å². The van der Waals surface area contributed by atoms with Gasteiger partial charge in [-0.2, -0.15) is 0 Å². The van der Waals surface area contributed by atoms with Crippen molar-refractivity contribution in [2.45, 2.75) is 19.1 Å². The van der Waals surface area contributed by atoms with Crippen molar-refractivity contribution in [3.8, 4) is 5.75 Å². The topological polar surface area (TPSA) is 41.5 Å². The summed E-state index contributed by atoms with van der Waals surface area (Å²) in [5, 5.41) is 13.1. The lowest BCUT2D eigenvalue weighted by molar-refractivity contribution is 0.165. The Morgan fingerprint density at radius 1 is 1.09 bits per heavy atom. The first kappa shape index (κ1) is 16.4. The molecule has 3 nitrogen and oxygen atoms in total. The fourth-order valence-corrected chi connectivity index (χ4v) is 2.36. The van der Waals surface area contributed by atoms with Crippen LogP contribution in [0.4, 0.5) is 8.78 Å². The van der Waals surface area contributed by atoms with Crippen molar-refractivity contribution in [2.75, 3.05) is 13.7 Å². The molecule has 0 aromatic heterocycles. The van der Waals surface area contributed by atoms with Crippen molar-refractivity contribution in [1.29, 1.82) is 0 Å². The Morgan fingerprint density at radius 3 is 2.45 bits per heavy atom. The number of nitrogens with one attached hydrogen (secondary N) is 1. The maximum Gasteiger partial charge on any atom is 0.131 e. The maximum atomic E-state index is 14.0. The van der Waals surface area contributed by atoms with Crippen LogP contribution in [0.3, 0.4) is 0 Å². The normalized spacial score (nSPS) is 13.7. The molecule has 2 rings (SSSR count). The third kappa shape index (κ3) is 3.61. The Kier molecular flexibility index (Phi) is 5.46. The second-order valence-corrected chi connectivity index (χ2v) is 5.02. The first-order chi connectivity index (χ1) is 10.5. The Morgan fingerprint density at radius 2 is 1.77 bits per heavy atom. The van der Waals surface area contributed by atoms with Gasteiger partial charge in [-0.25, -0.2) is 8.78 Å². The summed E-state index contributed by atoms with van der Waals surface area (Å²) >= 11 is 0. The first-order valence-corrected chi connectivity index (χ1v) is 7.03. The van der Waals surface area contributed by atoms with E-state index in [9.17, 15) is 13.9 Å². The summed E-state index contributed by atoms with van der Waals surface area (Å²) in [4.78, 5) is 0. The number of rotatable bonds is 6. The third-order valence-corrected chi connectivity index (χ3v) is 3.55. The van der Waals surface area contributed by atoms with Gasteiger partial charge >= 0.3 is 0 Å². The SMILES string of the molecule is COc1cccc(F)c1C(C)NCC(O)c1ccccc1F. The van der Waals surface area contributed by atoms with Crippen LogP contribution >= 0.6 is 0 Å². The predicted octanol–water partition coefficient (Wildman–Crippen LogP) is 3.36. The molecule has 2 aromatic carbocycles. The minimum atomic E-state index is -1.01. The van der Waals surface area contributed by atoms with Crippen LogP contribution in [0, 0.1) is 11.6 Å². The van der Waals surface area contributed by atoms with E-state index in [0.717, 1.165) is 0 Å². The molecule has 0 fully saturated rings. The summed E-state index contributed by atoms with van der Waals surface area (Å²) < 4.78 is 32.7. The van der Waals surface area contributed by atoms with Gasteiger partial charge in [0.2, 0.25) is 0 Å². The summed E-state index contributed by atoms with van der Waals surface area (Å²) in [6, 6.07) is 10.2. The average Bonchev–Trinajstić information content (AvgIpc) is 2.52. The van der Waals surface area contributed by atoms with Crippen LogP contribution < -0.4 is 10.1 Å². The van der Waals surface area contributed by atoms with Crippen molar-refractivity contribution in [1.82, 2.24) is 5.32 Å². The molecule has 0 aliphatic heterocycles. The van der Waals surface area contributed by atoms with Crippen molar-refractivity contribution >= 4 is 0 Å². The summed E-state index contributed by atoms with van der Waals surface area (Å²) in [5.41, 5.74) is 0.591. The van der Waals surface area contributed by atoms with E-state index in [0.29, 0.717) is 11.3 Å². The minimum Gasteiger partial charge on any atom is -0.496 e. The van der Waals surface area contributed by atoms with Gasteiger partial charge in [-0.15, -0.1) is 0 Å². The van der Waals surface area contributed by atoms with Crippen molar-refractivity contribution in [3.63, 3.8) is 0 Å². The molecule has 2 atom stereocenters. The van der Waals surface area contributed by atoms with Gasteiger partial charge in [-0.05, 0) is 25.1 Å². The minimum absolute atomic E-state index is 0.0968. The smallest absolute Gasteiger partial charge is 0.131 e. The number of hydrogen-bond acceptors (Lipinski definition) is 3. The zero-order valence-corrected chi connectivity index (χ0v) is 12.5. The van der Waals surface area contributed by atoms with E-state index in [-0.39, 0.29) is 17.9 Å².